The average Bonchev–Trinajstić information content (AvgIpc) is 2.43. The molecule has 3 N–H and O–H groups in total. The molecule has 1 unspecified atom stereocenters. The van der Waals surface area contributed by atoms with Crippen molar-refractivity contribution in [2.45, 2.75) is 32.2 Å². The van der Waals surface area contributed by atoms with E-state index >= 15 is 0 Å². The van der Waals surface area contributed by atoms with Crippen LogP contribution in [0.1, 0.15) is 26.2 Å². The van der Waals surface area contributed by atoms with E-state index in [0.29, 0.717) is 12.1 Å². The van der Waals surface area contributed by atoms with Crippen molar-refractivity contribution in [1.82, 2.24) is 5.32 Å². The molecule has 0 aliphatic heterocycles. The predicted molar refractivity (Wildman–Crippen MR) is 83.9 cm³/mol. The molecule has 1 aromatic rings. The van der Waals surface area contributed by atoms with Crippen LogP contribution in [0.5, 0.6) is 0 Å². The van der Waals surface area contributed by atoms with Crippen LogP contribution in [0.15, 0.2) is 24.3 Å². The summed E-state index contributed by atoms with van der Waals surface area (Å²) in [7, 11) is 3.75. The number of unbranched alkanes of at least 4 members (excludes halogenated alkanes) is 1. The molecule has 0 fully saturated rings. The molecule has 0 aliphatic rings. The fourth-order valence-electron chi connectivity index (χ4n) is 1.95. The molecule has 21 heavy (non-hydrogen) atoms. The summed E-state index contributed by atoms with van der Waals surface area (Å²) in [5, 5.41) is 14.3. The Morgan fingerprint density at radius 2 is 1.95 bits per heavy atom. The van der Waals surface area contributed by atoms with Gasteiger partial charge in [0.25, 0.3) is 0 Å². The molecule has 6 heteroatoms. The van der Waals surface area contributed by atoms with Gasteiger partial charge in [-0.1, -0.05) is 31.9 Å². The van der Waals surface area contributed by atoms with Gasteiger partial charge in [0.15, 0.2) is 0 Å². The van der Waals surface area contributed by atoms with Crippen molar-refractivity contribution in [2.24, 2.45) is 0 Å². The maximum Gasteiger partial charge on any atom is 0.326 e. The van der Waals surface area contributed by atoms with Crippen LogP contribution in [0.3, 0.4) is 0 Å². The van der Waals surface area contributed by atoms with E-state index in [1.165, 1.54) is 0 Å². The van der Waals surface area contributed by atoms with E-state index in [-0.39, 0.29) is 0 Å². The second-order valence-electron chi connectivity index (χ2n) is 5.04. The van der Waals surface area contributed by atoms with Crippen molar-refractivity contribution < 1.29 is 14.7 Å². The number of urea groups is 1. The zero-order chi connectivity index (χ0) is 15.8. The van der Waals surface area contributed by atoms with Crippen molar-refractivity contribution in [3.8, 4) is 0 Å². The first-order chi connectivity index (χ1) is 9.95. The van der Waals surface area contributed by atoms with E-state index in [1.807, 2.05) is 44.1 Å². The zero-order valence-electron chi connectivity index (χ0n) is 12.7. The number of para-hydroxylation sites is 2. The fraction of sp³-hybridized carbons (Fsp3) is 0.467. The van der Waals surface area contributed by atoms with E-state index < -0.39 is 18.0 Å². The number of aliphatic carboxylic acids is 1. The Labute approximate surface area is 125 Å². The molecule has 0 aliphatic carbocycles. The third-order valence-electron chi connectivity index (χ3n) is 3.08. The number of carboxylic acids is 1. The molecular formula is C15H23N3O3. The summed E-state index contributed by atoms with van der Waals surface area (Å²) in [6.45, 7) is 1.98. The SMILES string of the molecule is CCCCC(NC(=O)Nc1ccccc1N(C)C)C(=O)O. The normalized spacial score (nSPS) is 11.6. The highest BCUT2D eigenvalue weighted by Crippen LogP contribution is 2.23. The molecule has 1 rings (SSSR count). The number of benzene rings is 1. The highest BCUT2D eigenvalue weighted by molar-refractivity contribution is 5.95. The topological polar surface area (TPSA) is 81.7 Å². The van der Waals surface area contributed by atoms with Gasteiger partial charge in [-0.2, -0.15) is 0 Å². The first kappa shape index (κ1) is 16.8. The highest BCUT2D eigenvalue weighted by atomic mass is 16.4. The van der Waals surface area contributed by atoms with Crippen LogP contribution in [-0.2, 0) is 4.79 Å². The van der Waals surface area contributed by atoms with Gasteiger partial charge < -0.3 is 20.6 Å². The van der Waals surface area contributed by atoms with Crippen LogP contribution < -0.4 is 15.5 Å². The summed E-state index contributed by atoms with van der Waals surface area (Å²) in [5.74, 6) is -1.01. The fourth-order valence-corrected chi connectivity index (χ4v) is 1.95. The smallest absolute Gasteiger partial charge is 0.326 e. The van der Waals surface area contributed by atoms with E-state index in [1.54, 1.807) is 6.07 Å². The number of hydrogen-bond donors (Lipinski definition) is 3. The molecule has 6 nitrogen and oxygen atoms in total. The zero-order valence-corrected chi connectivity index (χ0v) is 12.7. The van der Waals surface area contributed by atoms with Crippen molar-refractivity contribution in [1.29, 1.82) is 0 Å². The van der Waals surface area contributed by atoms with Crippen LogP contribution >= 0.6 is 0 Å². The molecule has 0 aromatic heterocycles. The van der Waals surface area contributed by atoms with Gasteiger partial charge in [0.1, 0.15) is 6.04 Å². The van der Waals surface area contributed by atoms with Gasteiger partial charge in [0.05, 0.1) is 11.4 Å². The summed E-state index contributed by atoms with van der Waals surface area (Å²) in [6.07, 6.45) is 2.07. The average molecular weight is 293 g/mol. The lowest BCUT2D eigenvalue weighted by atomic mass is 10.1. The van der Waals surface area contributed by atoms with Crippen LogP contribution in [0.2, 0.25) is 0 Å². The highest BCUT2D eigenvalue weighted by Gasteiger charge is 2.19. The molecule has 0 bridgehead atoms. The number of amides is 2. The third-order valence-corrected chi connectivity index (χ3v) is 3.08. The Kier molecular flexibility index (Phi) is 6.52. The number of nitrogens with zero attached hydrogens (tertiary/aromatic N) is 1. The molecule has 0 radical (unpaired) electrons. The Morgan fingerprint density at radius 3 is 2.52 bits per heavy atom. The first-order valence-electron chi connectivity index (χ1n) is 7.02. The molecule has 0 saturated heterocycles. The van der Waals surface area contributed by atoms with Crippen molar-refractivity contribution in [3.05, 3.63) is 24.3 Å². The van der Waals surface area contributed by atoms with Crippen LogP contribution in [-0.4, -0.2) is 37.2 Å². The molecule has 0 spiro atoms. The van der Waals surface area contributed by atoms with Gasteiger partial charge in [-0.15, -0.1) is 0 Å². The minimum absolute atomic E-state index is 0.425. The molecule has 116 valence electrons. The monoisotopic (exact) mass is 293 g/mol. The summed E-state index contributed by atoms with van der Waals surface area (Å²) in [6, 6.07) is 5.97. The summed E-state index contributed by atoms with van der Waals surface area (Å²) < 4.78 is 0. The van der Waals surface area contributed by atoms with Crippen LogP contribution in [0.4, 0.5) is 16.2 Å². The first-order valence-corrected chi connectivity index (χ1v) is 7.02. The lowest BCUT2D eigenvalue weighted by Crippen LogP contribution is -2.43. The molecule has 0 saturated carbocycles. The van der Waals surface area contributed by atoms with Gasteiger partial charge in [-0.05, 0) is 18.6 Å². The Hall–Kier alpha value is -2.24. The quantitative estimate of drug-likeness (QED) is 0.721. The van der Waals surface area contributed by atoms with E-state index in [4.69, 9.17) is 5.11 Å². The minimum atomic E-state index is -1.01. The number of anilines is 2. The van der Waals surface area contributed by atoms with Gasteiger partial charge >= 0.3 is 12.0 Å². The van der Waals surface area contributed by atoms with Gasteiger partial charge in [0.2, 0.25) is 0 Å². The number of carbonyl (C=O) groups is 2. The largest absolute Gasteiger partial charge is 0.480 e. The van der Waals surface area contributed by atoms with Crippen LogP contribution in [0.25, 0.3) is 0 Å². The van der Waals surface area contributed by atoms with Crippen molar-refractivity contribution in [3.63, 3.8) is 0 Å². The molecule has 1 aromatic carbocycles. The third kappa shape index (κ3) is 5.33. The number of hydrogen-bond acceptors (Lipinski definition) is 3. The maximum absolute atomic E-state index is 12.0. The Balaban J connectivity index is 2.70. The van der Waals surface area contributed by atoms with Crippen molar-refractivity contribution >= 4 is 23.4 Å². The lowest BCUT2D eigenvalue weighted by molar-refractivity contribution is -0.139. The summed E-state index contributed by atoms with van der Waals surface area (Å²) in [5.41, 5.74) is 1.49. The Morgan fingerprint density at radius 1 is 1.29 bits per heavy atom. The van der Waals surface area contributed by atoms with Crippen LogP contribution in [0, 0.1) is 0 Å². The summed E-state index contributed by atoms with van der Waals surface area (Å²) >= 11 is 0. The lowest BCUT2D eigenvalue weighted by Gasteiger charge is -2.19. The second-order valence-corrected chi connectivity index (χ2v) is 5.04. The summed E-state index contributed by atoms with van der Waals surface area (Å²) in [4.78, 5) is 25.0. The second kappa shape index (κ2) is 8.14. The standard InChI is InChI=1S/C15H23N3O3/c1-4-5-8-12(14(19)20)17-15(21)16-11-9-6-7-10-13(11)18(2)3/h6-7,9-10,12H,4-5,8H2,1-3H3,(H,19,20)(H2,16,17,21). The van der Waals surface area contributed by atoms with Crippen molar-refractivity contribution in [2.75, 3.05) is 24.3 Å². The van der Waals surface area contributed by atoms with Gasteiger partial charge in [-0.25, -0.2) is 9.59 Å². The minimum Gasteiger partial charge on any atom is -0.480 e. The number of nitrogens with one attached hydrogen (secondary N) is 2. The van der Waals surface area contributed by atoms with E-state index in [9.17, 15) is 9.59 Å². The molecule has 2 amide bonds. The number of carbonyl (C=O) groups excluding carboxylic acids is 1. The van der Waals surface area contributed by atoms with E-state index in [0.717, 1.165) is 18.5 Å². The molecular weight excluding hydrogens is 270 g/mol. The van der Waals surface area contributed by atoms with E-state index in [2.05, 4.69) is 10.6 Å². The number of rotatable bonds is 7. The Bertz CT molecular complexity index is 489. The molecule has 1 atom stereocenters. The van der Waals surface area contributed by atoms with Gasteiger partial charge in [-0.3, -0.25) is 0 Å². The molecule has 0 heterocycles. The maximum atomic E-state index is 12.0. The number of carboxylic acid groups (broad SMARTS) is 1. The predicted octanol–water partition coefficient (Wildman–Crippen LogP) is 2.52. The van der Waals surface area contributed by atoms with Gasteiger partial charge in [0, 0.05) is 14.1 Å².